The van der Waals surface area contributed by atoms with Crippen molar-refractivity contribution < 1.29 is 25.2 Å². The quantitative estimate of drug-likeness (QED) is 0.0349. The van der Waals surface area contributed by atoms with Gasteiger partial charge in [0.2, 0.25) is 5.91 Å². The van der Waals surface area contributed by atoms with Gasteiger partial charge in [-0.25, -0.2) is 0 Å². The maximum absolute atomic E-state index is 12.4. The number of aliphatic hydroxyl groups is 4. The number of carbonyl (C=O) groups is 1. The molecular formula is C41H75NO5. The molecule has 4 unspecified atom stereocenters. The van der Waals surface area contributed by atoms with E-state index >= 15 is 0 Å². The van der Waals surface area contributed by atoms with Crippen molar-refractivity contribution in [3.05, 3.63) is 48.6 Å². The van der Waals surface area contributed by atoms with Crippen molar-refractivity contribution in [2.24, 2.45) is 0 Å². The minimum Gasteiger partial charge on any atom is -0.394 e. The van der Waals surface area contributed by atoms with Crippen LogP contribution in [0, 0.1) is 0 Å². The standard InChI is InChI=1S/C41H75NO5/c1-3-5-7-9-11-13-14-15-16-17-18-19-20-21-22-23-24-25-27-28-30-32-34-38(44)40(46)37(36-43)42-41(47)39(45)35-33-31-29-26-12-10-8-6-4-2/h10,12,18-19,22-23,27-28,37-40,43-46H,3-9,11,13-17,20-21,24-26,29-36H2,1-2H3,(H,42,47)/b12-10-,19-18+,23-22+,28-27+. The van der Waals surface area contributed by atoms with Crippen molar-refractivity contribution in [1.29, 1.82) is 0 Å². The molecule has 0 saturated heterocycles. The Kier molecular flexibility index (Phi) is 34.3. The molecule has 6 heteroatoms. The summed E-state index contributed by atoms with van der Waals surface area (Å²) in [4.78, 5) is 12.4. The van der Waals surface area contributed by atoms with E-state index in [2.05, 4.69) is 67.8 Å². The van der Waals surface area contributed by atoms with Gasteiger partial charge in [0, 0.05) is 0 Å². The van der Waals surface area contributed by atoms with Crippen LogP contribution in [-0.2, 0) is 4.79 Å². The van der Waals surface area contributed by atoms with E-state index in [1.165, 1.54) is 77.0 Å². The Hall–Kier alpha value is -1.73. The number of unbranched alkanes of at least 4 members (excludes halogenated alkanes) is 17. The lowest BCUT2D eigenvalue weighted by Gasteiger charge is -2.27. The fraction of sp³-hybridized carbons (Fsp3) is 0.780. The molecule has 0 radical (unpaired) electrons. The minimum absolute atomic E-state index is 0.334. The molecule has 1 amide bonds. The summed E-state index contributed by atoms with van der Waals surface area (Å²) in [5, 5.41) is 43.3. The van der Waals surface area contributed by atoms with Crippen LogP contribution in [0.1, 0.15) is 174 Å². The number of hydrogen-bond acceptors (Lipinski definition) is 5. The smallest absolute Gasteiger partial charge is 0.249 e. The molecular weight excluding hydrogens is 586 g/mol. The lowest BCUT2D eigenvalue weighted by Crippen LogP contribution is -2.53. The van der Waals surface area contributed by atoms with Crippen molar-refractivity contribution in [1.82, 2.24) is 5.32 Å². The highest BCUT2D eigenvalue weighted by Crippen LogP contribution is 2.13. The highest BCUT2D eigenvalue weighted by atomic mass is 16.3. The summed E-state index contributed by atoms with van der Waals surface area (Å²) in [6, 6.07) is -1.02. The molecule has 0 fully saturated rings. The molecule has 0 aromatic rings. The highest BCUT2D eigenvalue weighted by Gasteiger charge is 2.28. The van der Waals surface area contributed by atoms with Crippen molar-refractivity contribution >= 4 is 5.91 Å². The largest absolute Gasteiger partial charge is 0.394 e. The Balaban J connectivity index is 3.87. The predicted octanol–water partition coefficient (Wildman–Crippen LogP) is 9.56. The predicted molar refractivity (Wildman–Crippen MR) is 200 cm³/mol. The summed E-state index contributed by atoms with van der Waals surface area (Å²) in [7, 11) is 0. The average Bonchev–Trinajstić information content (AvgIpc) is 3.07. The Morgan fingerprint density at radius 3 is 1.40 bits per heavy atom. The molecule has 0 aromatic carbocycles. The van der Waals surface area contributed by atoms with Crippen LogP contribution in [0.15, 0.2) is 48.6 Å². The summed E-state index contributed by atoms with van der Waals surface area (Å²) in [6.07, 6.45) is 41.5. The summed E-state index contributed by atoms with van der Waals surface area (Å²) in [5.41, 5.74) is 0. The number of rotatable bonds is 34. The minimum atomic E-state index is -1.30. The van der Waals surface area contributed by atoms with Crippen molar-refractivity contribution in [3.63, 3.8) is 0 Å². The SMILES string of the molecule is CCCC/C=C\CCCCCC(O)C(=O)NC(CO)C(O)C(O)CCC/C=C/CC/C=C/CC/C=C/CCCCCCCCCCC. The van der Waals surface area contributed by atoms with Crippen LogP contribution < -0.4 is 5.32 Å². The number of carbonyl (C=O) groups excluding carboxylic acids is 1. The molecule has 0 aliphatic heterocycles. The Bertz CT molecular complexity index is 793. The van der Waals surface area contributed by atoms with Gasteiger partial charge >= 0.3 is 0 Å². The van der Waals surface area contributed by atoms with Crippen LogP contribution in [0.4, 0.5) is 0 Å². The molecule has 0 heterocycles. The number of hydrogen-bond donors (Lipinski definition) is 5. The Morgan fingerprint density at radius 2 is 0.915 bits per heavy atom. The van der Waals surface area contributed by atoms with Gasteiger partial charge in [0.1, 0.15) is 12.2 Å². The molecule has 0 saturated carbocycles. The van der Waals surface area contributed by atoms with Gasteiger partial charge in [-0.2, -0.15) is 0 Å². The zero-order valence-corrected chi connectivity index (χ0v) is 30.5. The van der Waals surface area contributed by atoms with Crippen LogP contribution >= 0.6 is 0 Å². The highest BCUT2D eigenvalue weighted by molar-refractivity contribution is 5.80. The van der Waals surface area contributed by atoms with Crippen LogP contribution in [0.2, 0.25) is 0 Å². The second-order valence-corrected chi connectivity index (χ2v) is 13.2. The molecule has 0 aliphatic carbocycles. The third kappa shape index (κ3) is 30.1. The van der Waals surface area contributed by atoms with E-state index in [0.29, 0.717) is 19.3 Å². The fourth-order valence-corrected chi connectivity index (χ4v) is 5.53. The van der Waals surface area contributed by atoms with Crippen LogP contribution in [0.25, 0.3) is 0 Å². The molecule has 0 rings (SSSR count). The molecule has 0 spiro atoms. The van der Waals surface area contributed by atoms with Gasteiger partial charge in [0.25, 0.3) is 0 Å². The van der Waals surface area contributed by atoms with E-state index in [0.717, 1.165) is 64.2 Å². The fourth-order valence-electron chi connectivity index (χ4n) is 5.53. The van der Waals surface area contributed by atoms with E-state index in [1.54, 1.807) is 0 Å². The Morgan fingerprint density at radius 1 is 0.511 bits per heavy atom. The maximum atomic E-state index is 12.4. The van der Waals surface area contributed by atoms with Crippen LogP contribution in [-0.4, -0.2) is 57.3 Å². The monoisotopic (exact) mass is 662 g/mol. The lowest BCUT2D eigenvalue weighted by atomic mass is 10.00. The van der Waals surface area contributed by atoms with Gasteiger partial charge in [-0.1, -0.05) is 140 Å². The second-order valence-electron chi connectivity index (χ2n) is 13.2. The van der Waals surface area contributed by atoms with E-state index in [-0.39, 0.29) is 0 Å². The number of aliphatic hydroxyl groups excluding tert-OH is 4. The van der Waals surface area contributed by atoms with Gasteiger partial charge in [0.15, 0.2) is 0 Å². The van der Waals surface area contributed by atoms with Gasteiger partial charge in [0.05, 0.1) is 18.8 Å². The van der Waals surface area contributed by atoms with Crippen molar-refractivity contribution in [2.75, 3.05) is 6.61 Å². The molecule has 0 aliphatic rings. The Labute approximate surface area is 289 Å². The molecule has 5 N–H and O–H groups in total. The van der Waals surface area contributed by atoms with Gasteiger partial charge in [-0.3, -0.25) is 4.79 Å². The van der Waals surface area contributed by atoms with E-state index in [9.17, 15) is 25.2 Å². The van der Waals surface area contributed by atoms with E-state index < -0.39 is 36.9 Å². The summed E-state index contributed by atoms with van der Waals surface area (Å²) >= 11 is 0. The maximum Gasteiger partial charge on any atom is 0.249 e. The van der Waals surface area contributed by atoms with Gasteiger partial charge in [-0.05, 0) is 83.5 Å². The number of nitrogens with one attached hydrogen (secondary N) is 1. The van der Waals surface area contributed by atoms with Crippen LogP contribution in [0.5, 0.6) is 0 Å². The normalized spacial score (nSPS) is 14.9. The number of amides is 1. The number of allylic oxidation sites excluding steroid dienone is 8. The van der Waals surface area contributed by atoms with E-state index in [4.69, 9.17) is 0 Å². The summed E-state index contributed by atoms with van der Waals surface area (Å²) in [6.45, 7) is 3.94. The third-order valence-electron chi connectivity index (χ3n) is 8.72. The molecule has 4 atom stereocenters. The zero-order chi connectivity index (χ0) is 34.6. The van der Waals surface area contributed by atoms with Gasteiger partial charge in [-0.15, -0.1) is 0 Å². The lowest BCUT2D eigenvalue weighted by molar-refractivity contribution is -0.132. The van der Waals surface area contributed by atoms with Gasteiger partial charge < -0.3 is 25.7 Å². The average molecular weight is 662 g/mol. The summed E-state index contributed by atoms with van der Waals surface area (Å²) in [5.74, 6) is -0.618. The molecule has 0 bridgehead atoms. The first-order valence-electron chi connectivity index (χ1n) is 19.5. The molecule has 47 heavy (non-hydrogen) atoms. The molecule has 0 aromatic heterocycles. The van der Waals surface area contributed by atoms with Crippen molar-refractivity contribution in [2.45, 2.75) is 199 Å². The zero-order valence-electron chi connectivity index (χ0n) is 30.5. The third-order valence-corrected chi connectivity index (χ3v) is 8.72. The molecule has 6 nitrogen and oxygen atoms in total. The molecule has 274 valence electrons. The first kappa shape index (κ1) is 45.3. The van der Waals surface area contributed by atoms with E-state index in [1.807, 2.05) is 0 Å². The first-order chi connectivity index (χ1) is 23.0. The second kappa shape index (κ2) is 35.6. The van der Waals surface area contributed by atoms with Crippen molar-refractivity contribution in [3.8, 4) is 0 Å². The summed E-state index contributed by atoms with van der Waals surface area (Å²) < 4.78 is 0. The topological polar surface area (TPSA) is 110 Å². The van der Waals surface area contributed by atoms with Crippen LogP contribution in [0.3, 0.4) is 0 Å². The first-order valence-corrected chi connectivity index (χ1v) is 19.5.